The molecule has 1 aliphatic heterocycles. The van der Waals surface area contributed by atoms with Gasteiger partial charge in [0.05, 0.1) is 6.07 Å². The Morgan fingerprint density at radius 3 is 2.88 bits per heavy atom. The summed E-state index contributed by atoms with van der Waals surface area (Å²) in [4.78, 5) is 20.3. The standard InChI is InChI=1S/C12H19N3O2/c1-10-13-11(16)9-12(14-10)17-8-7-15-5-3-2-4-6-15/h9H,2-8H2,1H3,(H,13,14,16). The van der Waals surface area contributed by atoms with E-state index in [0.29, 0.717) is 18.3 Å². The molecular formula is C12H19N3O2. The van der Waals surface area contributed by atoms with E-state index in [4.69, 9.17) is 4.74 Å². The second-order valence-electron chi connectivity index (χ2n) is 4.42. The molecule has 0 radical (unpaired) electrons. The van der Waals surface area contributed by atoms with Gasteiger partial charge in [0.25, 0.3) is 5.56 Å². The van der Waals surface area contributed by atoms with Gasteiger partial charge in [-0.3, -0.25) is 9.69 Å². The third-order valence-electron chi connectivity index (χ3n) is 2.94. The van der Waals surface area contributed by atoms with E-state index in [2.05, 4.69) is 14.9 Å². The maximum Gasteiger partial charge on any atom is 0.254 e. The molecule has 1 aromatic rings. The highest BCUT2D eigenvalue weighted by Gasteiger charge is 2.09. The lowest BCUT2D eigenvalue weighted by atomic mass is 10.1. The molecular weight excluding hydrogens is 218 g/mol. The van der Waals surface area contributed by atoms with E-state index < -0.39 is 0 Å². The molecule has 1 saturated heterocycles. The van der Waals surface area contributed by atoms with E-state index in [-0.39, 0.29) is 5.56 Å². The number of ether oxygens (including phenoxy) is 1. The third-order valence-corrected chi connectivity index (χ3v) is 2.94. The Bertz CT molecular complexity index is 410. The van der Waals surface area contributed by atoms with Gasteiger partial charge in [-0.1, -0.05) is 6.42 Å². The summed E-state index contributed by atoms with van der Waals surface area (Å²) < 4.78 is 5.50. The summed E-state index contributed by atoms with van der Waals surface area (Å²) in [5, 5.41) is 0. The van der Waals surface area contributed by atoms with E-state index >= 15 is 0 Å². The minimum atomic E-state index is -0.162. The smallest absolute Gasteiger partial charge is 0.254 e. The van der Waals surface area contributed by atoms with Gasteiger partial charge in [-0.15, -0.1) is 0 Å². The van der Waals surface area contributed by atoms with Crippen molar-refractivity contribution in [2.24, 2.45) is 0 Å². The number of aryl methyl sites for hydroxylation is 1. The van der Waals surface area contributed by atoms with E-state index in [9.17, 15) is 4.79 Å². The Balaban J connectivity index is 1.79. The Hall–Kier alpha value is -1.36. The number of hydrogen-bond acceptors (Lipinski definition) is 4. The Morgan fingerprint density at radius 2 is 2.18 bits per heavy atom. The van der Waals surface area contributed by atoms with Crippen LogP contribution in [-0.4, -0.2) is 41.1 Å². The first kappa shape index (κ1) is 12.1. The van der Waals surface area contributed by atoms with Gasteiger partial charge in [0.1, 0.15) is 12.4 Å². The maximum atomic E-state index is 11.2. The number of piperidine rings is 1. The van der Waals surface area contributed by atoms with Gasteiger partial charge in [0.15, 0.2) is 0 Å². The normalized spacial score (nSPS) is 17.0. The Labute approximate surface area is 101 Å². The summed E-state index contributed by atoms with van der Waals surface area (Å²) in [6.07, 6.45) is 3.90. The second kappa shape index (κ2) is 5.82. The number of hydrogen-bond donors (Lipinski definition) is 1. The van der Waals surface area contributed by atoms with Crippen LogP contribution in [0.2, 0.25) is 0 Å². The van der Waals surface area contributed by atoms with Crippen LogP contribution < -0.4 is 10.3 Å². The molecule has 2 heterocycles. The molecule has 0 saturated carbocycles. The molecule has 94 valence electrons. The average molecular weight is 237 g/mol. The van der Waals surface area contributed by atoms with Gasteiger partial charge in [-0.2, -0.15) is 0 Å². The van der Waals surface area contributed by atoms with Crippen molar-refractivity contribution in [2.45, 2.75) is 26.2 Å². The molecule has 5 heteroatoms. The topological polar surface area (TPSA) is 58.2 Å². The summed E-state index contributed by atoms with van der Waals surface area (Å²) in [7, 11) is 0. The number of nitrogens with one attached hydrogen (secondary N) is 1. The molecule has 1 aliphatic rings. The Kier molecular flexibility index (Phi) is 4.14. The van der Waals surface area contributed by atoms with Gasteiger partial charge in [-0.25, -0.2) is 4.98 Å². The lowest BCUT2D eigenvalue weighted by Crippen LogP contribution is -2.33. The van der Waals surface area contributed by atoms with Gasteiger partial charge in [0.2, 0.25) is 5.88 Å². The number of nitrogens with zero attached hydrogens (tertiary/aromatic N) is 2. The number of aromatic amines is 1. The monoisotopic (exact) mass is 237 g/mol. The van der Waals surface area contributed by atoms with Crippen LogP contribution in [0.5, 0.6) is 5.88 Å². The van der Waals surface area contributed by atoms with Crippen LogP contribution >= 0.6 is 0 Å². The van der Waals surface area contributed by atoms with E-state index in [1.54, 1.807) is 6.92 Å². The van der Waals surface area contributed by atoms with Crippen molar-refractivity contribution in [3.8, 4) is 5.88 Å². The van der Waals surface area contributed by atoms with Crippen LogP contribution in [0.1, 0.15) is 25.1 Å². The molecule has 5 nitrogen and oxygen atoms in total. The van der Waals surface area contributed by atoms with Crippen LogP contribution in [0.15, 0.2) is 10.9 Å². The maximum absolute atomic E-state index is 11.2. The quantitative estimate of drug-likeness (QED) is 0.846. The van der Waals surface area contributed by atoms with Crippen molar-refractivity contribution in [1.82, 2.24) is 14.9 Å². The predicted molar refractivity (Wildman–Crippen MR) is 65.4 cm³/mol. The predicted octanol–water partition coefficient (Wildman–Crippen LogP) is 0.943. The van der Waals surface area contributed by atoms with Crippen LogP contribution in [0.25, 0.3) is 0 Å². The number of likely N-dealkylation sites (tertiary alicyclic amines) is 1. The van der Waals surface area contributed by atoms with Gasteiger partial charge in [0, 0.05) is 6.54 Å². The summed E-state index contributed by atoms with van der Waals surface area (Å²) in [5.74, 6) is 1.01. The summed E-state index contributed by atoms with van der Waals surface area (Å²) in [6.45, 7) is 5.57. The molecule has 2 rings (SSSR count). The summed E-state index contributed by atoms with van der Waals surface area (Å²) in [6, 6.07) is 1.39. The van der Waals surface area contributed by atoms with Crippen LogP contribution in [-0.2, 0) is 0 Å². The number of rotatable bonds is 4. The minimum absolute atomic E-state index is 0.162. The Morgan fingerprint density at radius 1 is 1.41 bits per heavy atom. The molecule has 0 atom stereocenters. The molecule has 0 spiro atoms. The van der Waals surface area contributed by atoms with E-state index in [1.165, 1.54) is 25.3 Å². The molecule has 0 bridgehead atoms. The average Bonchev–Trinajstić information content (AvgIpc) is 2.29. The first-order chi connectivity index (χ1) is 8.24. The fourth-order valence-corrected chi connectivity index (χ4v) is 2.09. The van der Waals surface area contributed by atoms with Crippen molar-refractivity contribution < 1.29 is 4.74 Å². The van der Waals surface area contributed by atoms with Crippen molar-refractivity contribution in [2.75, 3.05) is 26.2 Å². The summed E-state index contributed by atoms with van der Waals surface area (Å²) in [5.41, 5.74) is -0.162. The first-order valence-electron chi connectivity index (χ1n) is 6.17. The number of H-pyrrole nitrogens is 1. The van der Waals surface area contributed by atoms with Crippen LogP contribution in [0.3, 0.4) is 0 Å². The lowest BCUT2D eigenvalue weighted by Gasteiger charge is -2.25. The molecule has 0 unspecified atom stereocenters. The molecule has 17 heavy (non-hydrogen) atoms. The van der Waals surface area contributed by atoms with Gasteiger partial charge >= 0.3 is 0 Å². The lowest BCUT2D eigenvalue weighted by molar-refractivity contribution is 0.180. The highest BCUT2D eigenvalue weighted by atomic mass is 16.5. The molecule has 1 fully saturated rings. The largest absolute Gasteiger partial charge is 0.476 e. The van der Waals surface area contributed by atoms with Crippen molar-refractivity contribution in [3.63, 3.8) is 0 Å². The molecule has 1 aromatic heterocycles. The first-order valence-corrected chi connectivity index (χ1v) is 6.17. The fraction of sp³-hybridized carbons (Fsp3) is 0.667. The van der Waals surface area contributed by atoms with E-state index in [0.717, 1.165) is 19.6 Å². The number of aromatic nitrogens is 2. The van der Waals surface area contributed by atoms with Gasteiger partial charge in [-0.05, 0) is 32.9 Å². The zero-order valence-corrected chi connectivity index (χ0v) is 10.2. The molecule has 0 amide bonds. The fourth-order valence-electron chi connectivity index (χ4n) is 2.09. The van der Waals surface area contributed by atoms with Crippen LogP contribution in [0.4, 0.5) is 0 Å². The highest BCUT2D eigenvalue weighted by molar-refractivity contribution is 5.07. The zero-order chi connectivity index (χ0) is 12.1. The van der Waals surface area contributed by atoms with Crippen molar-refractivity contribution in [1.29, 1.82) is 0 Å². The molecule has 0 aliphatic carbocycles. The van der Waals surface area contributed by atoms with E-state index in [1.807, 2.05) is 0 Å². The molecule has 0 aromatic carbocycles. The summed E-state index contributed by atoms with van der Waals surface area (Å²) >= 11 is 0. The second-order valence-corrected chi connectivity index (χ2v) is 4.42. The minimum Gasteiger partial charge on any atom is -0.476 e. The SMILES string of the molecule is Cc1nc(OCCN2CCCCC2)cc(=O)[nH]1. The van der Waals surface area contributed by atoms with Crippen LogP contribution in [0, 0.1) is 6.92 Å². The van der Waals surface area contributed by atoms with Gasteiger partial charge < -0.3 is 9.72 Å². The van der Waals surface area contributed by atoms with Crippen molar-refractivity contribution >= 4 is 0 Å². The third kappa shape index (κ3) is 3.85. The molecule has 1 N–H and O–H groups in total. The zero-order valence-electron chi connectivity index (χ0n) is 10.2. The van der Waals surface area contributed by atoms with Crippen molar-refractivity contribution in [3.05, 3.63) is 22.2 Å². The highest BCUT2D eigenvalue weighted by Crippen LogP contribution is 2.08.